The summed E-state index contributed by atoms with van der Waals surface area (Å²) in [5, 5.41) is 17.8. The zero-order chi connectivity index (χ0) is 12.0. The van der Waals surface area contributed by atoms with Crippen LogP contribution in [0.25, 0.3) is 0 Å². The molecule has 0 saturated carbocycles. The summed E-state index contributed by atoms with van der Waals surface area (Å²) in [6.45, 7) is 2.10. The Kier molecular flexibility index (Phi) is 5.22. The van der Waals surface area contributed by atoms with Gasteiger partial charge in [0.25, 0.3) is 0 Å². The molecule has 3 nitrogen and oxygen atoms in total. The van der Waals surface area contributed by atoms with Crippen LogP contribution in [0.5, 0.6) is 5.75 Å². The molecule has 0 bridgehead atoms. The van der Waals surface area contributed by atoms with Crippen molar-refractivity contribution in [3.63, 3.8) is 0 Å². The molecule has 1 aromatic rings. The molecule has 0 aliphatic carbocycles. The molecule has 0 amide bonds. The monoisotopic (exact) mass is 228 g/mol. The number of unbranched alkanes of at least 4 members (excludes halogenated alkanes) is 1. The van der Waals surface area contributed by atoms with Crippen molar-refractivity contribution in [3.05, 3.63) is 29.6 Å². The van der Waals surface area contributed by atoms with Gasteiger partial charge in [-0.15, -0.1) is 0 Å². The normalized spacial score (nSPS) is 12.5. The summed E-state index contributed by atoms with van der Waals surface area (Å²) in [6.07, 6.45) is 0.591. The Bertz CT molecular complexity index is 326. The molecule has 0 radical (unpaired) electrons. The predicted molar refractivity (Wildman–Crippen MR) is 58.8 cm³/mol. The average molecular weight is 228 g/mol. The molecule has 0 aliphatic rings. The Morgan fingerprint density at radius 1 is 1.38 bits per heavy atom. The summed E-state index contributed by atoms with van der Waals surface area (Å²) in [6, 6.07) is 4.41. The number of aliphatic hydroxyl groups excluding tert-OH is 2. The summed E-state index contributed by atoms with van der Waals surface area (Å²) in [5.41, 5.74) is 0.266. The number of aliphatic hydroxyl groups is 2. The number of hydrogen-bond acceptors (Lipinski definition) is 3. The van der Waals surface area contributed by atoms with E-state index < -0.39 is 11.9 Å². The van der Waals surface area contributed by atoms with E-state index in [1.807, 2.05) is 0 Å². The van der Waals surface area contributed by atoms with Crippen LogP contribution in [0.3, 0.4) is 0 Å². The SMILES string of the molecule is C[C@H](O)c1ccc(OCCCCO)cc1F. The van der Waals surface area contributed by atoms with Gasteiger partial charge in [-0.3, -0.25) is 0 Å². The number of benzene rings is 1. The summed E-state index contributed by atoms with van der Waals surface area (Å²) in [5.74, 6) is -0.0190. The minimum Gasteiger partial charge on any atom is -0.493 e. The van der Waals surface area contributed by atoms with Crippen molar-refractivity contribution in [2.75, 3.05) is 13.2 Å². The number of hydrogen-bond donors (Lipinski definition) is 2. The number of rotatable bonds is 6. The van der Waals surface area contributed by atoms with Crippen molar-refractivity contribution >= 4 is 0 Å². The maximum Gasteiger partial charge on any atom is 0.132 e. The van der Waals surface area contributed by atoms with Gasteiger partial charge in [0.2, 0.25) is 0 Å². The van der Waals surface area contributed by atoms with Crippen LogP contribution in [0.2, 0.25) is 0 Å². The lowest BCUT2D eigenvalue weighted by Crippen LogP contribution is -2.01. The fraction of sp³-hybridized carbons (Fsp3) is 0.500. The summed E-state index contributed by atoms with van der Waals surface area (Å²) in [7, 11) is 0. The van der Waals surface area contributed by atoms with Crippen molar-refractivity contribution in [3.8, 4) is 5.75 Å². The van der Waals surface area contributed by atoms with E-state index in [9.17, 15) is 9.50 Å². The molecule has 2 N–H and O–H groups in total. The highest BCUT2D eigenvalue weighted by Crippen LogP contribution is 2.21. The third-order valence-electron chi connectivity index (χ3n) is 2.24. The molecule has 0 saturated heterocycles. The predicted octanol–water partition coefficient (Wildman–Crippen LogP) is 2.03. The first-order valence-electron chi connectivity index (χ1n) is 5.36. The summed E-state index contributed by atoms with van der Waals surface area (Å²) in [4.78, 5) is 0. The van der Waals surface area contributed by atoms with Crippen molar-refractivity contribution in [2.24, 2.45) is 0 Å². The first kappa shape index (κ1) is 12.9. The fourth-order valence-corrected chi connectivity index (χ4v) is 1.34. The molecular weight excluding hydrogens is 211 g/mol. The van der Waals surface area contributed by atoms with Crippen LogP contribution in [0, 0.1) is 5.82 Å². The van der Waals surface area contributed by atoms with E-state index in [0.29, 0.717) is 18.8 Å². The van der Waals surface area contributed by atoms with Gasteiger partial charge in [0.05, 0.1) is 12.7 Å². The Morgan fingerprint density at radius 3 is 2.69 bits per heavy atom. The molecule has 0 aromatic heterocycles. The van der Waals surface area contributed by atoms with Gasteiger partial charge in [-0.1, -0.05) is 0 Å². The van der Waals surface area contributed by atoms with Crippen molar-refractivity contribution < 1.29 is 19.3 Å². The maximum absolute atomic E-state index is 13.4. The van der Waals surface area contributed by atoms with Crippen molar-refractivity contribution in [1.29, 1.82) is 0 Å². The zero-order valence-electron chi connectivity index (χ0n) is 9.32. The number of ether oxygens (including phenoxy) is 1. The second-order valence-electron chi connectivity index (χ2n) is 3.64. The van der Waals surface area contributed by atoms with Gasteiger partial charge in [0.15, 0.2) is 0 Å². The zero-order valence-corrected chi connectivity index (χ0v) is 9.32. The minimum atomic E-state index is -0.816. The third kappa shape index (κ3) is 3.79. The van der Waals surface area contributed by atoms with E-state index >= 15 is 0 Å². The molecule has 0 spiro atoms. The van der Waals surface area contributed by atoms with Crippen LogP contribution in [0.1, 0.15) is 31.4 Å². The van der Waals surface area contributed by atoms with Gasteiger partial charge in [0.1, 0.15) is 11.6 Å². The van der Waals surface area contributed by atoms with Gasteiger partial charge in [-0.2, -0.15) is 0 Å². The Hall–Kier alpha value is -1.13. The molecule has 1 atom stereocenters. The van der Waals surface area contributed by atoms with Crippen LogP contribution >= 0.6 is 0 Å². The second kappa shape index (κ2) is 6.45. The lowest BCUT2D eigenvalue weighted by Gasteiger charge is -2.09. The van der Waals surface area contributed by atoms with Gasteiger partial charge in [0, 0.05) is 18.2 Å². The van der Waals surface area contributed by atoms with Crippen molar-refractivity contribution in [2.45, 2.75) is 25.9 Å². The highest BCUT2D eigenvalue weighted by atomic mass is 19.1. The summed E-state index contributed by atoms with van der Waals surface area (Å²) >= 11 is 0. The molecule has 90 valence electrons. The van der Waals surface area contributed by atoms with E-state index in [2.05, 4.69) is 0 Å². The van der Waals surface area contributed by atoms with E-state index in [0.717, 1.165) is 6.42 Å². The molecule has 0 heterocycles. The van der Waals surface area contributed by atoms with Crippen molar-refractivity contribution in [1.82, 2.24) is 0 Å². The van der Waals surface area contributed by atoms with E-state index in [-0.39, 0.29) is 12.2 Å². The lowest BCUT2D eigenvalue weighted by molar-refractivity contribution is 0.193. The highest BCUT2D eigenvalue weighted by molar-refractivity contribution is 5.29. The first-order valence-corrected chi connectivity index (χ1v) is 5.36. The highest BCUT2D eigenvalue weighted by Gasteiger charge is 2.08. The standard InChI is InChI=1S/C12H17FO3/c1-9(15)11-5-4-10(8-12(11)13)16-7-3-2-6-14/h4-5,8-9,14-15H,2-3,6-7H2,1H3/t9-/m0/s1. The van der Waals surface area contributed by atoms with Gasteiger partial charge < -0.3 is 14.9 Å². The largest absolute Gasteiger partial charge is 0.493 e. The molecule has 4 heteroatoms. The van der Waals surface area contributed by atoms with Crippen LogP contribution in [0.4, 0.5) is 4.39 Å². The smallest absolute Gasteiger partial charge is 0.132 e. The van der Waals surface area contributed by atoms with Crippen LogP contribution in [-0.2, 0) is 0 Å². The molecule has 1 aromatic carbocycles. The van der Waals surface area contributed by atoms with E-state index in [1.54, 1.807) is 6.07 Å². The topological polar surface area (TPSA) is 49.7 Å². The minimum absolute atomic E-state index is 0.138. The molecule has 0 fully saturated rings. The summed E-state index contributed by atoms with van der Waals surface area (Å²) < 4.78 is 18.7. The Morgan fingerprint density at radius 2 is 2.12 bits per heavy atom. The Balaban J connectivity index is 2.53. The first-order chi connectivity index (χ1) is 7.65. The molecule has 0 unspecified atom stereocenters. The van der Waals surface area contributed by atoms with E-state index in [4.69, 9.17) is 9.84 Å². The lowest BCUT2D eigenvalue weighted by atomic mass is 10.1. The molecular formula is C12H17FO3. The fourth-order valence-electron chi connectivity index (χ4n) is 1.34. The maximum atomic E-state index is 13.4. The quantitative estimate of drug-likeness (QED) is 0.732. The van der Waals surface area contributed by atoms with Gasteiger partial charge in [-0.05, 0) is 31.9 Å². The van der Waals surface area contributed by atoms with Crippen LogP contribution < -0.4 is 4.74 Å². The van der Waals surface area contributed by atoms with Crippen LogP contribution in [-0.4, -0.2) is 23.4 Å². The third-order valence-corrected chi connectivity index (χ3v) is 2.24. The van der Waals surface area contributed by atoms with Crippen LogP contribution in [0.15, 0.2) is 18.2 Å². The van der Waals surface area contributed by atoms with E-state index in [1.165, 1.54) is 19.1 Å². The second-order valence-corrected chi connectivity index (χ2v) is 3.64. The molecule has 1 rings (SSSR count). The molecule has 16 heavy (non-hydrogen) atoms. The molecule has 0 aliphatic heterocycles. The average Bonchev–Trinajstić information content (AvgIpc) is 2.24. The van der Waals surface area contributed by atoms with Gasteiger partial charge >= 0.3 is 0 Å². The Labute approximate surface area is 94.5 Å². The number of halogens is 1. The van der Waals surface area contributed by atoms with Gasteiger partial charge in [-0.25, -0.2) is 4.39 Å².